The quantitative estimate of drug-likeness (QED) is 0.552. The highest BCUT2D eigenvalue weighted by Gasteiger charge is 2.31. The molecule has 1 saturated heterocycles. The van der Waals surface area contributed by atoms with Gasteiger partial charge < -0.3 is 4.98 Å². The van der Waals surface area contributed by atoms with E-state index in [0.29, 0.717) is 6.04 Å². The van der Waals surface area contributed by atoms with Crippen LogP contribution in [0.3, 0.4) is 0 Å². The molecule has 0 amide bonds. The smallest absolute Gasteiger partial charge is 0.255 e. The number of aromatic nitrogens is 3. The molecule has 150 valence electrons. The molecular weight excluding hydrogens is 372 g/mol. The van der Waals surface area contributed by atoms with Crippen LogP contribution in [0, 0.1) is 6.92 Å². The molecule has 1 atom stereocenters. The summed E-state index contributed by atoms with van der Waals surface area (Å²) in [7, 11) is 0. The van der Waals surface area contributed by atoms with Gasteiger partial charge in [0, 0.05) is 65.3 Å². The molecule has 5 heteroatoms. The highest BCUT2D eigenvalue weighted by atomic mass is 16.1. The van der Waals surface area contributed by atoms with Crippen LogP contribution in [0.5, 0.6) is 0 Å². The van der Waals surface area contributed by atoms with Crippen molar-refractivity contribution in [2.24, 2.45) is 0 Å². The fourth-order valence-electron chi connectivity index (χ4n) is 5.09. The van der Waals surface area contributed by atoms with Crippen molar-refractivity contribution in [1.82, 2.24) is 19.4 Å². The molecule has 4 aromatic rings. The molecule has 1 unspecified atom stereocenters. The Bertz CT molecular complexity index is 1320. The van der Waals surface area contributed by atoms with Crippen LogP contribution in [-0.2, 0) is 13.0 Å². The number of nitrogens with zero attached hydrogens (tertiary/aromatic N) is 3. The Kier molecular flexibility index (Phi) is 3.93. The third-order valence-electron chi connectivity index (χ3n) is 6.72. The number of aryl methyl sites for hydroxylation is 1. The third-order valence-corrected chi connectivity index (χ3v) is 6.72. The van der Waals surface area contributed by atoms with E-state index >= 15 is 0 Å². The molecular formula is C25H24N4O. The van der Waals surface area contributed by atoms with Crippen molar-refractivity contribution in [3.05, 3.63) is 82.2 Å². The van der Waals surface area contributed by atoms with E-state index in [0.717, 1.165) is 41.0 Å². The molecule has 0 spiro atoms. The van der Waals surface area contributed by atoms with Crippen LogP contribution in [0.15, 0.2) is 59.7 Å². The van der Waals surface area contributed by atoms with Crippen LogP contribution in [0.2, 0.25) is 0 Å². The minimum absolute atomic E-state index is 0.0376. The zero-order chi connectivity index (χ0) is 20.2. The molecule has 5 heterocycles. The Morgan fingerprint density at radius 3 is 2.87 bits per heavy atom. The number of rotatable bonds is 2. The number of fused-ring (bicyclic) bond motifs is 4. The van der Waals surface area contributed by atoms with Crippen molar-refractivity contribution >= 4 is 10.9 Å². The lowest BCUT2D eigenvalue weighted by Crippen LogP contribution is -2.34. The second kappa shape index (κ2) is 6.67. The Labute approximate surface area is 175 Å². The maximum Gasteiger partial charge on any atom is 0.255 e. The second-order valence-electron chi connectivity index (χ2n) is 8.59. The van der Waals surface area contributed by atoms with Gasteiger partial charge in [0.05, 0.1) is 5.69 Å². The molecule has 1 N–H and O–H groups in total. The summed E-state index contributed by atoms with van der Waals surface area (Å²) in [4.78, 5) is 23.5. The number of nitrogens with one attached hydrogen (secondary N) is 1. The number of hydrogen-bond donors (Lipinski definition) is 1. The Morgan fingerprint density at radius 1 is 1.10 bits per heavy atom. The fourth-order valence-corrected chi connectivity index (χ4v) is 5.09. The molecule has 3 aromatic heterocycles. The first-order valence-electron chi connectivity index (χ1n) is 10.7. The first-order chi connectivity index (χ1) is 14.7. The van der Waals surface area contributed by atoms with Gasteiger partial charge in [-0.2, -0.15) is 0 Å². The van der Waals surface area contributed by atoms with Crippen molar-refractivity contribution in [2.75, 3.05) is 6.54 Å². The molecule has 0 aliphatic carbocycles. The second-order valence-corrected chi connectivity index (χ2v) is 8.59. The summed E-state index contributed by atoms with van der Waals surface area (Å²) in [5, 5.41) is 1.29. The van der Waals surface area contributed by atoms with Gasteiger partial charge in [-0.1, -0.05) is 12.1 Å². The van der Waals surface area contributed by atoms with Gasteiger partial charge in [0.25, 0.3) is 5.56 Å². The highest BCUT2D eigenvalue weighted by Crippen LogP contribution is 2.34. The minimum Gasteiger partial charge on any atom is -0.358 e. The number of hydrogen-bond acceptors (Lipinski definition) is 3. The predicted octanol–water partition coefficient (Wildman–Crippen LogP) is 4.21. The minimum atomic E-state index is -0.0376. The molecule has 0 radical (unpaired) electrons. The van der Waals surface area contributed by atoms with Gasteiger partial charge in [-0.15, -0.1) is 0 Å². The van der Waals surface area contributed by atoms with Crippen molar-refractivity contribution in [3.63, 3.8) is 0 Å². The first-order valence-corrected chi connectivity index (χ1v) is 10.7. The summed E-state index contributed by atoms with van der Waals surface area (Å²) in [5.41, 5.74) is 7.60. The summed E-state index contributed by atoms with van der Waals surface area (Å²) in [6, 6.07) is 14.7. The van der Waals surface area contributed by atoms with Gasteiger partial charge in [-0.25, -0.2) is 0 Å². The van der Waals surface area contributed by atoms with Crippen molar-refractivity contribution < 1.29 is 0 Å². The molecule has 0 bridgehead atoms. The molecule has 1 fully saturated rings. The van der Waals surface area contributed by atoms with Crippen LogP contribution >= 0.6 is 0 Å². The van der Waals surface area contributed by atoms with Gasteiger partial charge >= 0.3 is 0 Å². The molecule has 30 heavy (non-hydrogen) atoms. The van der Waals surface area contributed by atoms with Gasteiger partial charge in [0.15, 0.2) is 0 Å². The summed E-state index contributed by atoms with van der Waals surface area (Å²) in [5.74, 6) is 0. The van der Waals surface area contributed by atoms with E-state index in [-0.39, 0.29) is 5.56 Å². The lowest BCUT2D eigenvalue weighted by atomic mass is 9.99. The normalized spacial score (nSPS) is 18.5. The van der Waals surface area contributed by atoms with Gasteiger partial charge in [-0.05, 0) is 61.7 Å². The molecule has 0 saturated carbocycles. The topological polar surface area (TPSA) is 53.9 Å². The maximum absolute atomic E-state index is 12.9. The molecule has 5 nitrogen and oxygen atoms in total. The van der Waals surface area contributed by atoms with Gasteiger partial charge in [0.2, 0.25) is 0 Å². The third kappa shape index (κ3) is 2.81. The Balaban J connectivity index is 1.37. The van der Waals surface area contributed by atoms with E-state index in [2.05, 4.69) is 33.1 Å². The van der Waals surface area contributed by atoms with Crippen molar-refractivity contribution in [3.8, 4) is 16.8 Å². The number of aromatic amines is 1. The van der Waals surface area contributed by atoms with Gasteiger partial charge in [0.1, 0.15) is 0 Å². The average molecular weight is 396 g/mol. The van der Waals surface area contributed by atoms with Crippen LogP contribution in [-0.4, -0.2) is 32.0 Å². The van der Waals surface area contributed by atoms with E-state index in [1.165, 1.54) is 36.0 Å². The predicted molar refractivity (Wildman–Crippen MR) is 119 cm³/mol. The summed E-state index contributed by atoms with van der Waals surface area (Å²) >= 11 is 0. The fraction of sp³-hybridized carbons (Fsp3) is 0.280. The summed E-state index contributed by atoms with van der Waals surface area (Å²) in [6.45, 7) is 4.21. The zero-order valence-electron chi connectivity index (χ0n) is 17.1. The number of H-pyrrole nitrogens is 1. The highest BCUT2D eigenvalue weighted by molar-refractivity contribution is 5.86. The van der Waals surface area contributed by atoms with E-state index < -0.39 is 0 Å². The van der Waals surface area contributed by atoms with E-state index in [9.17, 15) is 4.79 Å². The van der Waals surface area contributed by atoms with Gasteiger partial charge in [-0.3, -0.25) is 19.2 Å². The van der Waals surface area contributed by atoms with Crippen LogP contribution < -0.4 is 5.56 Å². The van der Waals surface area contributed by atoms with Crippen LogP contribution in [0.25, 0.3) is 27.7 Å². The first kappa shape index (κ1) is 17.7. The van der Waals surface area contributed by atoms with Crippen molar-refractivity contribution in [1.29, 1.82) is 0 Å². The maximum atomic E-state index is 12.9. The Morgan fingerprint density at radius 2 is 2.03 bits per heavy atom. The average Bonchev–Trinajstić information content (AvgIpc) is 3.35. The Hall–Kier alpha value is -3.18. The molecule has 2 aliphatic rings. The van der Waals surface area contributed by atoms with E-state index in [1.807, 2.05) is 37.5 Å². The SMILES string of the molecule is Cc1ccc(-c2ccn(-c3ccc4c5c([nH]c4c3)CC3CCCN3C5)c(=O)c2)cn1. The van der Waals surface area contributed by atoms with E-state index in [4.69, 9.17) is 0 Å². The van der Waals surface area contributed by atoms with Crippen LogP contribution in [0.1, 0.15) is 29.8 Å². The zero-order valence-corrected chi connectivity index (χ0v) is 17.1. The number of pyridine rings is 2. The standard InChI is InChI=1S/C25H24N4O/c1-16-4-5-18(14-26-16)17-8-10-29(25(30)11-17)20-6-7-21-22-15-28-9-2-3-19(28)12-24(22)27-23(21)13-20/h4-8,10-11,13-14,19,27H,2-3,9,12,15H2,1H3. The molecule has 6 rings (SSSR count). The van der Waals surface area contributed by atoms with Crippen LogP contribution in [0.4, 0.5) is 0 Å². The molecule has 1 aromatic carbocycles. The lowest BCUT2D eigenvalue weighted by Gasteiger charge is -2.29. The number of benzene rings is 1. The lowest BCUT2D eigenvalue weighted by molar-refractivity contribution is 0.227. The largest absolute Gasteiger partial charge is 0.358 e. The van der Waals surface area contributed by atoms with E-state index in [1.54, 1.807) is 10.6 Å². The summed E-state index contributed by atoms with van der Waals surface area (Å²) < 4.78 is 1.71. The molecule has 2 aliphatic heterocycles. The monoisotopic (exact) mass is 396 g/mol. The summed E-state index contributed by atoms with van der Waals surface area (Å²) in [6.07, 6.45) is 7.40. The van der Waals surface area contributed by atoms with Crippen molar-refractivity contribution in [2.45, 2.75) is 38.8 Å².